The Labute approximate surface area is 177 Å². The van der Waals surface area contributed by atoms with Gasteiger partial charge in [-0.2, -0.15) is 0 Å². The van der Waals surface area contributed by atoms with E-state index in [4.69, 9.17) is 21.1 Å². The highest BCUT2D eigenvalue weighted by Gasteiger charge is 2.24. The highest BCUT2D eigenvalue weighted by molar-refractivity contribution is 6.31. The Morgan fingerprint density at radius 3 is 2.34 bits per heavy atom. The lowest BCUT2D eigenvalue weighted by atomic mass is 10.0. The molecule has 0 radical (unpaired) electrons. The zero-order chi connectivity index (χ0) is 20.5. The molecule has 1 heterocycles. The molecular weight excluding hydrogens is 388 g/mol. The Morgan fingerprint density at radius 2 is 1.69 bits per heavy atom. The smallest absolute Gasteiger partial charge is 0.258 e. The van der Waals surface area contributed by atoms with Crippen molar-refractivity contribution >= 4 is 17.5 Å². The van der Waals surface area contributed by atoms with Crippen molar-refractivity contribution in [2.75, 3.05) is 33.4 Å². The van der Waals surface area contributed by atoms with Crippen molar-refractivity contribution in [3.8, 4) is 11.5 Å². The zero-order valence-corrected chi connectivity index (χ0v) is 17.7. The van der Waals surface area contributed by atoms with Gasteiger partial charge in [0.25, 0.3) is 5.91 Å². The van der Waals surface area contributed by atoms with Crippen LogP contribution in [0.2, 0.25) is 5.02 Å². The molecule has 2 aromatic rings. The van der Waals surface area contributed by atoms with Gasteiger partial charge in [-0.05, 0) is 61.8 Å². The van der Waals surface area contributed by atoms with Gasteiger partial charge in [0.15, 0.2) is 6.61 Å². The van der Waals surface area contributed by atoms with Crippen LogP contribution in [0.4, 0.5) is 0 Å². The zero-order valence-electron chi connectivity index (χ0n) is 16.9. The molecule has 2 aromatic carbocycles. The lowest BCUT2D eigenvalue weighted by Crippen LogP contribution is -2.40. The van der Waals surface area contributed by atoms with Crippen LogP contribution in [0, 0.1) is 0 Å². The number of hydrogen-bond acceptors (Lipinski definition) is 4. The van der Waals surface area contributed by atoms with Crippen LogP contribution in [0.3, 0.4) is 0 Å². The van der Waals surface area contributed by atoms with E-state index in [0.29, 0.717) is 12.3 Å². The van der Waals surface area contributed by atoms with Crippen molar-refractivity contribution in [1.82, 2.24) is 10.2 Å². The van der Waals surface area contributed by atoms with Crippen LogP contribution in [0.1, 0.15) is 37.3 Å². The number of hydrogen-bond donors (Lipinski definition) is 1. The SMILES string of the molecule is COc1ccc(OCC(=O)NC[C@H](c2ccccc2Cl)N2CCCCCC2)cc1. The van der Waals surface area contributed by atoms with Crippen molar-refractivity contribution in [1.29, 1.82) is 0 Å². The summed E-state index contributed by atoms with van der Waals surface area (Å²) in [5.41, 5.74) is 1.06. The molecule has 1 aliphatic rings. The predicted molar refractivity (Wildman–Crippen MR) is 116 cm³/mol. The van der Waals surface area contributed by atoms with Crippen molar-refractivity contribution in [3.05, 3.63) is 59.1 Å². The van der Waals surface area contributed by atoms with Crippen molar-refractivity contribution in [2.24, 2.45) is 0 Å². The van der Waals surface area contributed by atoms with Gasteiger partial charge < -0.3 is 14.8 Å². The molecule has 0 unspecified atom stereocenters. The van der Waals surface area contributed by atoms with Gasteiger partial charge in [-0.3, -0.25) is 9.69 Å². The first-order valence-electron chi connectivity index (χ1n) is 10.2. The maximum Gasteiger partial charge on any atom is 0.258 e. The average Bonchev–Trinajstić information content (AvgIpc) is 3.03. The summed E-state index contributed by atoms with van der Waals surface area (Å²) in [7, 11) is 1.61. The molecule has 6 heteroatoms. The van der Waals surface area contributed by atoms with Crippen molar-refractivity contribution in [3.63, 3.8) is 0 Å². The second-order valence-corrected chi connectivity index (χ2v) is 7.66. The quantitative estimate of drug-likeness (QED) is 0.690. The summed E-state index contributed by atoms with van der Waals surface area (Å²) in [4.78, 5) is 14.8. The maximum absolute atomic E-state index is 12.4. The van der Waals surface area contributed by atoms with Crippen LogP contribution in [0.25, 0.3) is 0 Å². The molecule has 0 spiro atoms. The standard InChI is InChI=1S/C23H29ClN2O3/c1-28-18-10-12-19(13-11-18)29-17-23(27)25-16-22(20-8-4-5-9-21(20)24)26-14-6-2-3-7-15-26/h4-5,8-13,22H,2-3,6-7,14-17H2,1H3,(H,25,27)/t22-/m1/s1. The monoisotopic (exact) mass is 416 g/mol. The van der Waals surface area contributed by atoms with Gasteiger partial charge in [-0.1, -0.05) is 42.6 Å². The number of rotatable bonds is 8. The van der Waals surface area contributed by atoms with E-state index in [2.05, 4.69) is 16.3 Å². The van der Waals surface area contributed by atoms with Crippen molar-refractivity contribution < 1.29 is 14.3 Å². The molecule has 0 saturated carbocycles. The Bertz CT molecular complexity index is 774. The Morgan fingerprint density at radius 1 is 1.03 bits per heavy atom. The lowest BCUT2D eigenvalue weighted by molar-refractivity contribution is -0.123. The largest absolute Gasteiger partial charge is 0.497 e. The van der Waals surface area contributed by atoms with E-state index in [1.54, 1.807) is 31.4 Å². The fourth-order valence-corrected chi connectivity index (χ4v) is 3.93. The second-order valence-electron chi connectivity index (χ2n) is 7.26. The fourth-order valence-electron chi connectivity index (χ4n) is 3.67. The third-order valence-corrected chi connectivity index (χ3v) is 5.61. The number of nitrogens with one attached hydrogen (secondary N) is 1. The molecule has 0 aromatic heterocycles. The summed E-state index contributed by atoms with van der Waals surface area (Å²) in [6.07, 6.45) is 4.87. The first-order valence-corrected chi connectivity index (χ1v) is 10.6. The molecule has 1 N–H and O–H groups in total. The average molecular weight is 417 g/mol. The minimum absolute atomic E-state index is 0.0262. The summed E-state index contributed by atoms with van der Waals surface area (Å²) in [5, 5.41) is 3.77. The van der Waals surface area contributed by atoms with Crippen LogP contribution >= 0.6 is 11.6 Å². The summed E-state index contributed by atoms with van der Waals surface area (Å²) in [6, 6.07) is 15.2. The minimum atomic E-state index is -0.146. The highest BCUT2D eigenvalue weighted by atomic mass is 35.5. The number of ether oxygens (including phenoxy) is 2. The first-order chi connectivity index (χ1) is 14.2. The van der Waals surface area contributed by atoms with Gasteiger partial charge in [-0.15, -0.1) is 0 Å². The topological polar surface area (TPSA) is 50.8 Å². The molecule has 1 aliphatic heterocycles. The highest BCUT2D eigenvalue weighted by Crippen LogP contribution is 2.29. The van der Waals surface area contributed by atoms with E-state index in [1.807, 2.05) is 18.2 Å². The Kier molecular flexibility index (Phi) is 8.20. The molecule has 1 amide bonds. The normalized spacial score (nSPS) is 15.9. The summed E-state index contributed by atoms with van der Waals surface area (Å²) >= 11 is 6.49. The van der Waals surface area contributed by atoms with E-state index in [9.17, 15) is 4.79 Å². The third-order valence-electron chi connectivity index (χ3n) is 5.27. The molecule has 1 saturated heterocycles. The van der Waals surface area contributed by atoms with E-state index in [-0.39, 0.29) is 18.6 Å². The van der Waals surface area contributed by atoms with Crippen LogP contribution in [0.15, 0.2) is 48.5 Å². The molecule has 1 atom stereocenters. The molecular formula is C23H29ClN2O3. The van der Waals surface area contributed by atoms with Crippen LogP contribution < -0.4 is 14.8 Å². The molecule has 5 nitrogen and oxygen atoms in total. The van der Waals surface area contributed by atoms with Crippen LogP contribution in [-0.4, -0.2) is 44.2 Å². The number of methoxy groups -OCH3 is 1. The number of carbonyl (C=O) groups is 1. The molecule has 29 heavy (non-hydrogen) atoms. The summed E-state index contributed by atoms with van der Waals surface area (Å²) in [6.45, 7) is 2.53. The Balaban J connectivity index is 1.59. The number of carbonyl (C=O) groups excluding carboxylic acids is 1. The van der Waals surface area contributed by atoms with E-state index in [0.717, 1.165) is 29.4 Å². The molecule has 0 aliphatic carbocycles. The Hall–Kier alpha value is -2.24. The van der Waals surface area contributed by atoms with Crippen molar-refractivity contribution in [2.45, 2.75) is 31.7 Å². The molecule has 156 valence electrons. The second kappa shape index (κ2) is 11.1. The minimum Gasteiger partial charge on any atom is -0.497 e. The molecule has 1 fully saturated rings. The van der Waals surface area contributed by atoms with Gasteiger partial charge >= 0.3 is 0 Å². The van der Waals surface area contributed by atoms with Gasteiger partial charge in [-0.25, -0.2) is 0 Å². The number of amides is 1. The van der Waals surface area contributed by atoms with E-state index < -0.39 is 0 Å². The molecule has 3 rings (SSSR count). The number of benzene rings is 2. The fraction of sp³-hybridized carbons (Fsp3) is 0.435. The maximum atomic E-state index is 12.4. The number of likely N-dealkylation sites (tertiary alicyclic amines) is 1. The van der Waals surface area contributed by atoms with Gasteiger partial charge in [0.05, 0.1) is 13.2 Å². The summed E-state index contributed by atoms with van der Waals surface area (Å²) in [5.74, 6) is 1.24. The van der Waals surface area contributed by atoms with Crippen LogP contribution in [-0.2, 0) is 4.79 Å². The number of halogens is 1. The van der Waals surface area contributed by atoms with Crippen LogP contribution in [0.5, 0.6) is 11.5 Å². The van der Waals surface area contributed by atoms with E-state index in [1.165, 1.54) is 25.7 Å². The summed E-state index contributed by atoms with van der Waals surface area (Å²) < 4.78 is 10.7. The molecule has 0 bridgehead atoms. The number of nitrogens with zero attached hydrogens (tertiary/aromatic N) is 1. The third kappa shape index (κ3) is 6.38. The predicted octanol–water partition coefficient (Wildman–Crippen LogP) is 4.46. The first kappa shape index (κ1) is 21.5. The lowest BCUT2D eigenvalue weighted by Gasteiger charge is -2.31. The van der Waals surface area contributed by atoms with Gasteiger partial charge in [0, 0.05) is 11.6 Å². The van der Waals surface area contributed by atoms with E-state index >= 15 is 0 Å². The van der Waals surface area contributed by atoms with Gasteiger partial charge in [0.1, 0.15) is 11.5 Å². The van der Waals surface area contributed by atoms with Gasteiger partial charge in [0.2, 0.25) is 0 Å².